The summed E-state index contributed by atoms with van der Waals surface area (Å²) in [6.45, 7) is 7.71. The minimum Gasteiger partial charge on any atom is -0.294 e. The second-order valence-corrected chi connectivity index (χ2v) is 5.67. The maximum Gasteiger partial charge on any atom is 0.243 e. The van der Waals surface area contributed by atoms with Crippen LogP contribution in [0, 0.1) is 20.8 Å². The lowest BCUT2D eigenvalue weighted by Gasteiger charge is -2.31. The molecular formula is C16H20N2O3. The summed E-state index contributed by atoms with van der Waals surface area (Å²) in [4.78, 5) is 37.1. The number of aryl methyl sites for hydroxylation is 3. The Bertz CT molecular complexity index is 622. The van der Waals surface area contributed by atoms with E-state index in [0.29, 0.717) is 5.56 Å². The Morgan fingerprint density at radius 2 is 1.81 bits per heavy atom. The van der Waals surface area contributed by atoms with E-state index in [4.69, 9.17) is 0 Å². The van der Waals surface area contributed by atoms with Crippen molar-refractivity contribution in [1.82, 2.24) is 10.2 Å². The molecule has 0 saturated carbocycles. The molecule has 1 heterocycles. The molecule has 112 valence electrons. The molecular weight excluding hydrogens is 268 g/mol. The molecule has 1 atom stereocenters. The van der Waals surface area contributed by atoms with Gasteiger partial charge in [0, 0.05) is 5.56 Å². The zero-order chi connectivity index (χ0) is 15.7. The van der Waals surface area contributed by atoms with E-state index in [1.807, 2.05) is 32.9 Å². The zero-order valence-electron chi connectivity index (χ0n) is 12.8. The average Bonchev–Trinajstić information content (AvgIpc) is 2.39. The van der Waals surface area contributed by atoms with Crippen molar-refractivity contribution in [2.45, 2.75) is 33.7 Å². The average molecular weight is 288 g/mol. The number of nitrogens with one attached hydrogen (secondary N) is 1. The van der Waals surface area contributed by atoms with Crippen LogP contribution in [0.3, 0.4) is 0 Å². The smallest absolute Gasteiger partial charge is 0.243 e. The summed E-state index contributed by atoms with van der Waals surface area (Å²) in [6.07, 6.45) is 0. The van der Waals surface area contributed by atoms with Crippen LogP contribution in [0.1, 0.15) is 34.0 Å². The van der Waals surface area contributed by atoms with E-state index in [2.05, 4.69) is 5.32 Å². The highest BCUT2D eigenvalue weighted by molar-refractivity contribution is 6.03. The number of carbonyl (C=O) groups excluding carboxylic acids is 3. The van der Waals surface area contributed by atoms with Crippen LogP contribution in [-0.4, -0.2) is 41.6 Å². The van der Waals surface area contributed by atoms with Crippen LogP contribution >= 0.6 is 0 Å². The molecule has 1 aromatic rings. The topological polar surface area (TPSA) is 66.5 Å². The maximum absolute atomic E-state index is 12.5. The monoisotopic (exact) mass is 288 g/mol. The molecule has 21 heavy (non-hydrogen) atoms. The predicted molar refractivity (Wildman–Crippen MR) is 79.2 cm³/mol. The molecule has 5 heteroatoms. The predicted octanol–water partition coefficient (Wildman–Crippen LogP) is 1.14. The Kier molecular flexibility index (Phi) is 4.23. The molecule has 1 unspecified atom stereocenters. The number of rotatable bonds is 3. The number of carbonyl (C=O) groups is 3. The Hall–Kier alpha value is -2.01. The first-order valence-electron chi connectivity index (χ1n) is 6.98. The summed E-state index contributed by atoms with van der Waals surface area (Å²) < 4.78 is 0. The third kappa shape index (κ3) is 3.19. The van der Waals surface area contributed by atoms with E-state index in [-0.39, 0.29) is 30.7 Å². The number of Topliss-reactive ketones (excluding diaryl/α,β-unsaturated/α-hetero) is 1. The number of benzene rings is 1. The molecule has 0 aliphatic carbocycles. The molecule has 1 aromatic carbocycles. The highest BCUT2D eigenvalue weighted by Gasteiger charge is 2.31. The van der Waals surface area contributed by atoms with Crippen molar-refractivity contribution >= 4 is 17.6 Å². The van der Waals surface area contributed by atoms with Gasteiger partial charge in [-0.15, -0.1) is 0 Å². The zero-order valence-corrected chi connectivity index (χ0v) is 12.8. The molecule has 1 saturated heterocycles. The van der Waals surface area contributed by atoms with Gasteiger partial charge in [-0.1, -0.05) is 6.07 Å². The molecule has 0 bridgehead atoms. The fraction of sp³-hybridized carbons (Fsp3) is 0.438. The van der Waals surface area contributed by atoms with Crippen molar-refractivity contribution in [1.29, 1.82) is 0 Å². The van der Waals surface area contributed by atoms with Gasteiger partial charge in [0.2, 0.25) is 11.8 Å². The lowest BCUT2D eigenvalue weighted by molar-refractivity contribution is -0.139. The Balaban J connectivity index is 2.20. The van der Waals surface area contributed by atoms with Gasteiger partial charge in [-0.25, -0.2) is 0 Å². The quantitative estimate of drug-likeness (QED) is 0.669. The van der Waals surface area contributed by atoms with E-state index in [0.717, 1.165) is 16.7 Å². The van der Waals surface area contributed by atoms with Gasteiger partial charge in [0.1, 0.15) is 0 Å². The molecule has 5 nitrogen and oxygen atoms in total. The van der Waals surface area contributed by atoms with Crippen LogP contribution in [0.4, 0.5) is 0 Å². The SMILES string of the molecule is Cc1cc(C)c(C(=O)CN2CC(=O)NC(=O)C2C)cc1C. The third-order valence-electron chi connectivity index (χ3n) is 4.02. The van der Waals surface area contributed by atoms with Gasteiger partial charge in [0.25, 0.3) is 0 Å². The van der Waals surface area contributed by atoms with Gasteiger partial charge >= 0.3 is 0 Å². The second kappa shape index (κ2) is 5.77. The van der Waals surface area contributed by atoms with Gasteiger partial charge < -0.3 is 0 Å². The van der Waals surface area contributed by atoms with Gasteiger partial charge in [-0.2, -0.15) is 0 Å². The van der Waals surface area contributed by atoms with Gasteiger partial charge in [0.15, 0.2) is 5.78 Å². The molecule has 0 radical (unpaired) electrons. The Morgan fingerprint density at radius 1 is 1.19 bits per heavy atom. The van der Waals surface area contributed by atoms with Crippen molar-refractivity contribution in [2.24, 2.45) is 0 Å². The van der Waals surface area contributed by atoms with Crippen molar-refractivity contribution in [3.05, 3.63) is 34.4 Å². The van der Waals surface area contributed by atoms with Gasteiger partial charge in [0.05, 0.1) is 19.1 Å². The number of piperazine rings is 1. The number of amides is 2. The fourth-order valence-electron chi connectivity index (χ4n) is 2.49. The van der Waals surface area contributed by atoms with Crippen molar-refractivity contribution in [3.63, 3.8) is 0 Å². The van der Waals surface area contributed by atoms with Crippen molar-refractivity contribution in [3.8, 4) is 0 Å². The summed E-state index contributed by atoms with van der Waals surface area (Å²) in [7, 11) is 0. The summed E-state index contributed by atoms with van der Waals surface area (Å²) in [5.41, 5.74) is 3.78. The fourth-order valence-corrected chi connectivity index (χ4v) is 2.49. The molecule has 1 N–H and O–H groups in total. The molecule has 1 fully saturated rings. The minimum absolute atomic E-state index is 0.0649. The number of ketones is 1. The minimum atomic E-state index is -0.474. The molecule has 1 aliphatic heterocycles. The largest absolute Gasteiger partial charge is 0.294 e. The summed E-state index contributed by atoms with van der Waals surface area (Å²) in [5, 5.41) is 2.27. The second-order valence-electron chi connectivity index (χ2n) is 5.67. The summed E-state index contributed by atoms with van der Waals surface area (Å²) in [5.74, 6) is -0.775. The molecule has 2 amide bonds. The van der Waals surface area contributed by atoms with Crippen LogP contribution in [0.5, 0.6) is 0 Å². The lowest BCUT2D eigenvalue weighted by Crippen LogP contribution is -2.57. The highest BCUT2D eigenvalue weighted by Crippen LogP contribution is 2.17. The number of hydrogen-bond acceptors (Lipinski definition) is 4. The van der Waals surface area contributed by atoms with Crippen molar-refractivity contribution < 1.29 is 14.4 Å². The van der Waals surface area contributed by atoms with Crippen LogP contribution in [0.25, 0.3) is 0 Å². The van der Waals surface area contributed by atoms with E-state index in [9.17, 15) is 14.4 Å². The maximum atomic E-state index is 12.5. The van der Waals surface area contributed by atoms with E-state index >= 15 is 0 Å². The van der Waals surface area contributed by atoms with Crippen LogP contribution in [0.2, 0.25) is 0 Å². The lowest BCUT2D eigenvalue weighted by atomic mass is 9.97. The normalized spacial score (nSPS) is 19.5. The highest BCUT2D eigenvalue weighted by atomic mass is 16.2. The van der Waals surface area contributed by atoms with Crippen LogP contribution in [-0.2, 0) is 9.59 Å². The first-order valence-corrected chi connectivity index (χ1v) is 6.98. The van der Waals surface area contributed by atoms with Crippen LogP contribution < -0.4 is 5.32 Å². The van der Waals surface area contributed by atoms with E-state index in [1.54, 1.807) is 11.8 Å². The van der Waals surface area contributed by atoms with Crippen molar-refractivity contribution in [2.75, 3.05) is 13.1 Å². The molecule has 2 rings (SSSR count). The van der Waals surface area contributed by atoms with E-state index < -0.39 is 6.04 Å². The van der Waals surface area contributed by atoms with Gasteiger partial charge in [-0.3, -0.25) is 24.6 Å². The molecule has 1 aliphatic rings. The Labute approximate surface area is 124 Å². The third-order valence-corrected chi connectivity index (χ3v) is 4.02. The number of nitrogens with zero attached hydrogens (tertiary/aromatic N) is 1. The number of hydrogen-bond donors (Lipinski definition) is 1. The van der Waals surface area contributed by atoms with E-state index in [1.165, 1.54) is 0 Å². The number of imide groups is 1. The molecule has 0 spiro atoms. The summed E-state index contributed by atoms with van der Waals surface area (Å²) >= 11 is 0. The van der Waals surface area contributed by atoms with Gasteiger partial charge in [-0.05, 0) is 50.5 Å². The first-order chi connectivity index (χ1) is 9.79. The molecule has 0 aromatic heterocycles. The standard InChI is InChI=1S/C16H20N2O3/c1-9-5-11(3)13(6-10(9)2)14(19)7-18-8-15(20)17-16(21)12(18)4/h5-6,12H,7-8H2,1-4H3,(H,17,20,21). The Morgan fingerprint density at radius 3 is 2.48 bits per heavy atom. The summed E-state index contributed by atoms with van der Waals surface area (Å²) in [6, 6.07) is 3.39. The van der Waals surface area contributed by atoms with Crippen LogP contribution in [0.15, 0.2) is 12.1 Å². The first kappa shape index (κ1) is 15.4.